The van der Waals surface area contributed by atoms with Crippen LogP contribution in [0.25, 0.3) is 0 Å². The molecule has 1 aliphatic heterocycles. The molecule has 0 radical (unpaired) electrons. The lowest BCUT2D eigenvalue weighted by atomic mass is 10.2. The smallest absolute Gasteiger partial charge is 0.284 e. The number of nitro benzene ring substituents is 1. The van der Waals surface area contributed by atoms with Crippen molar-refractivity contribution in [2.75, 3.05) is 39.3 Å². The van der Waals surface area contributed by atoms with E-state index in [1.165, 1.54) is 17.8 Å². The number of carbonyl (C=O) groups is 1. The largest absolute Gasteiger partial charge is 0.351 e. The Morgan fingerprint density at radius 3 is 2.55 bits per heavy atom. The van der Waals surface area contributed by atoms with Gasteiger partial charge >= 0.3 is 0 Å². The zero-order valence-electron chi connectivity index (χ0n) is 16.2. The highest BCUT2D eigenvalue weighted by atomic mass is 35.5. The number of amides is 1. The number of nitro groups is 1. The molecular weight excluding hydrogens is 412 g/mol. The molecule has 0 spiro atoms. The quantitative estimate of drug-likeness (QED) is 0.512. The van der Waals surface area contributed by atoms with Gasteiger partial charge in [0.05, 0.1) is 9.82 Å². The number of hydrogen-bond acceptors (Lipinski definition) is 6. The highest BCUT2D eigenvalue weighted by Gasteiger charge is 2.19. The number of nitrogens with zero attached hydrogens (tertiary/aromatic N) is 2. The van der Waals surface area contributed by atoms with Crippen molar-refractivity contribution in [1.29, 1.82) is 0 Å². The van der Waals surface area contributed by atoms with Gasteiger partial charge in [-0.3, -0.25) is 19.8 Å². The summed E-state index contributed by atoms with van der Waals surface area (Å²) in [5.41, 5.74) is 1.38. The summed E-state index contributed by atoms with van der Waals surface area (Å²) in [7, 11) is 0. The Balaban J connectivity index is 0.00000300. The molecule has 0 aliphatic carbocycles. The minimum atomic E-state index is -0.436. The van der Waals surface area contributed by atoms with E-state index < -0.39 is 4.92 Å². The first-order valence-corrected chi connectivity index (χ1v) is 10.1. The predicted octanol–water partition coefficient (Wildman–Crippen LogP) is 3.11. The second kappa shape index (κ2) is 11.2. The molecule has 0 saturated carbocycles. The van der Waals surface area contributed by atoms with Crippen LogP contribution in [0.5, 0.6) is 0 Å². The molecule has 1 amide bonds. The van der Waals surface area contributed by atoms with Crippen LogP contribution in [0.2, 0.25) is 0 Å². The summed E-state index contributed by atoms with van der Waals surface area (Å²) in [6, 6.07) is 12.4. The fourth-order valence-corrected chi connectivity index (χ4v) is 3.89. The van der Waals surface area contributed by atoms with E-state index in [2.05, 4.69) is 15.5 Å². The maximum absolute atomic E-state index is 12.4. The lowest BCUT2D eigenvalue weighted by Gasteiger charge is -2.27. The number of aryl methyl sites for hydroxylation is 1. The molecular formula is C20H25ClN4O3S. The summed E-state index contributed by atoms with van der Waals surface area (Å²) in [5.74, 6) is -0.287. The average molecular weight is 437 g/mol. The Morgan fingerprint density at radius 2 is 1.90 bits per heavy atom. The first kappa shape index (κ1) is 23.2. The number of piperazine rings is 1. The number of rotatable bonds is 7. The molecule has 0 bridgehead atoms. The van der Waals surface area contributed by atoms with Gasteiger partial charge in [0.1, 0.15) is 0 Å². The molecule has 2 aromatic rings. The van der Waals surface area contributed by atoms with Crippen LogP contribution in [0.4, 0.5) is 5.69 Å². The van der Waals surface area contributed by atoms with Crippen LogP contribution < -0.4 is 10.6 Å². The van der Waals surface area contributed by atoms with Crippen molar-refractivity contribution in [3.05, 3.63) is 63.7 Å². The molecule has 7 nitrogen and oxygen atoms in total. The van der Waals surface area contributed by atoms with E-state index in [1.54, 1.807) is 12.1 Å². The Labute approximate surface area is 180 Å². The molecule has 1 aliphatic rings. The molecule has 1 heterocycles. The Kier molecular flexibility index (Phi) is 8.91. The van der Waals surface area contributed by atoms with Crippen molar-refractivity contribution in [2.45, 2.75) is 16.7 Å². The normalized spacial score (nSPS) is 14.1. The van der Waals surface area contributed by atoms with Gasteiger partial charge in [-0.25, -0.2) is 0 Å². The van der Waals surface area contributed by atoms with E-state index in [0.717, 1.165) is 43.2 Å². The van der Waals surface area contributed by atoms with Crippen molar-refractivity contribution < 1.29 is 9.72 Å². The number of halogens is 1. The van der Waals surface area contributed by atoms with Gasteiger partial charge in [-0.1, -0.05) is 29.5 Å². The molecule has 0 unspecified atom stereocenters. The third kappa shape index (κ3) is 6.71. The van der Waals surface area contributed by atoms with Gasteiger partial charge in [-0.15, -0.1) is 12.4 Å². The second-order valence-electron chi connectivity index (χ2n) is 6.70. The van der Waals surface area contributed by atoms with Crippen LogP contribution in [0.3, 0.4) is 0 Å². The van der Waals surface area contributed by atoms with Crippen LogP contribution in [0.15, 0.2) is 52.3 Å². The third-order valence-electron chi connectivity index (χ3n) is 4.59. The van der Waals surface area contributed by atoms with E-state index >= 15 is 0 Å². The van der Waals surface area contributed by atoms with Crippen molar-refractivity contribution >= 4 is 35.8 Å². The average Bonchev–Trinajstić information content (AvgIpc) is 2.70. The standard InChI is InChI=1S/C20H24N4O3S.ClH/c1-15-2-5-17(6-3-15)28-19-7-4-16(14-18(19)24(26)27)20(25)22-10-13-23-11-8-21-9-12-23;/h2-7,14,21H,8-13H2,1H3,(H,22,25);1H. The predicted molar refractivity (Wildman–Crippen MR) is 117 cm³/mol. The molecule has 2 N–H and O–H groups in total. The van der Waals surface area contributed by atoms with Crippen LogP contribution in [-0.2, 0) is 0 Å². The second-order valence-corrected chi connectivity index (χ2v) is 7.82. The van der Waals surface area contributed by atoms with Gasteiger partial charge in [-0.05, 0) is 31.2 Å². The fourth-order valence-electron chi connectivity index (χ4n) is 2.99. The maximum Gasteiger partial charge on any atom is 0.284 e. The fraction of sp³-hybridized carbons (Fsp3) is 0.350. The molecule has 29 heavy (non-hydrogen) atoms. The van der Waals surface area contributed by atoms with Crippen molar-refractivity contribution in [3.63, 3.8) is 0 Å². The lowest BCUT2D eigenvalue weighted by Crippen LogP contribution is -2.46. The van der Waals surface area contributed by atoms with E-state index in [-0.39, 0.29) is 24.0 Å². The molecule has 2 aromatic carbocycles. The highest BCUT2D eigenvalue weighted by molar-refractivity contribution is 7.99. The molecule has 1 fully saturated rings. The van der Waals surface area contributed by atoms with Gasteiger partial charge in [0.15, 0.2) is 0 Å². The van der Waals surface area contributed by atoms with E-state index in [9.17, 15) is 14.9 Å². The van der Waals surface area contributed by atoms with Crippen molar-refractivity contribution in [3.8, 4) is 0 Å². The molecule has 0 aromatic heterocycles. The molecule has 156 valence electrons. The zero-order valence-corrected chi connectivity index (χ0v) is 17.9. The minimum Gasteiger partial charge on any atom is -0.351 e. The number of carbonyl (C=O) groups excluding carboxylic acids is 1. The summed E-state index contributed by atoms with van der Waals surface area (Å²) >= 11 is 1.32. The Bertz CT molecular complexity index is 842. The minimum absolute atomic E-state index is 0. The van der Waals surface area contributed by atoms with E-state index in [1.807, 2.05) is 31.2 Å². The van der Waals surface area contributed by atoms with Gasteiger partial charge in [0.25, 0.3) is 11.6 Å². The van der Waals surface area contributed by atoms with Crippen LogP contribution in [-0.4, -0.2) is 55.0 Å². The van der Waals surface area contributed by atoms with Crippen LogP contribution in [0.1, 0.15) is 15.9 Å². The van der Waals surface area contributed by atoms with Crippen LogP contribution in [0, 0.1) is 17.0 Å². The summed E-state index contributed by atoms with van der Waals surface area (Å²) in [4.78, 5) is 27.2. The lowest BCUT2D eigenvalue weighted by molar-refractivity contribution is -0.387. The van der Waals surface area contributed by atoms with Gasteiger partial charge in [-0.2, -0.15) is 0 Å². The Hall–Kier alpha value is -2.13. The maximum atomic E-state index is 12.4. The molecule has 9 heteroatoms. The Morgan fingerprint density at radius 1 is 1.21 bits per heavy atom. The van der Waals surface area contributed by atoms with Crippen LogP contribution >= 0.6 is 24.2 Å². The summed E-state index contributed by atoms with van der Waals surface area (Å²) < 4.78 is 0. The topological polar surface area (TPSA) is 87.5 Å². The van der Waals surface area contributed by atoms with Crippen molar-refractivity contribution in [2.24, 2.45) is 0 Å². The third-order valence-corrected chi connectivity index (χ3v) is 5.66. The first-order chi connectivity index (χ1) is 13.5. The van der Waals surface area contributed by atoms with Gasteiger partial charge in [0.2, 0.25) is 0 Å². The van der Waals surface area contributed by atoms with E-state index in [4.69, 9.17) is 0 Å². The number of hydrogen-bond donors (Lipinski definition) is 2. The summed E-state index contributed by atoms with van der Waals surface area (Å²) in [6.07, 6.45) is 0. The monoisotopic (exact) mass is 436 g/mol. The first-order valence-electron chi connectivity index (χ1n) is 9.27. The van der Waals surface area contributed by atoms with E-state index in [0.29, 0.717) is 17.0 Å². The molecule has 3 rings (SSSR count). The van der Waals surface area contributed by atoms with Gasteiger partial charge in [0, 0.05) is 55.8 Å². The van der Waals surface area contributed by atoms with Crippen molar-refractivity contribution in [1.82, 2.24) is 15.5 Å². The SMILES string of the molecule is Cc1ccc(Sc2ccc(C(=O)NCCN3CCNCC3)cc2[N+](=O)[O-])cc1.Cl. The molecule has 1 saturated heterocycles. The highest BCUT2D eigenvalue weighted by Crippen LogP contribution is 2.35. The molecule has 0 atom stereocenters. The summed E-state index contributed by atoms with van der Waals surface area (Å²) in [6.45, 7) is 7.13. The summed E-state index contributed by atoms with van der Waals surface area (Å²) in [5, 5.41) is 17.7. The zero-order chi connectivity index (χ0) is 19.9. The number of benzene rings is 2. The number of nitrogens with one attached hydrogen (secondary N) is 2. The van der Waals surface area contributed by atoms with Gasteiger partial charge < -0.3 is 10.6 Å².